The van der Waals surface area contributed by atoms with Crippen molar-refractivity contribution in [2.75, 3.05) is 19.7 Å². The van der Waals surface area contributed by atoms with Gasteiger partial charge >= 0.3 is 5.97 Å². The summed E-state index contributed by atoms with van der Waals surface area (Å²) in [6, 6.07) is 2.66. The Labute approximate surface area is 124 Å². The van der Waals surface area contributed by atoms with Gasteiger partial charge in [0.2, 0.25) is 0 Å². The summed E-state index contributed by atoms with van der Waals surface area (Å²) >= 11 is 0. The molecular formula is C15H23N3O3. The number of carboxylic acid groups (broad SMARTS) is 1. The molecule has 1 aliphatic heterocycles. The second kappa shape index (κ2) is 6.58. The van der Waals surface area contributed by atoms with Gasteiger partial charge in [-0.05, 0) is 18.9 Å². The molecule has 3 rings (SSSR count). The van der Waals surface area contributed by atoms with Gasteiger partial charge in [0.25, 0.3) is 0 Å². The minimum absolute atomic E-state index is 0.0764. The number of hydrogen-bond acceptors (Lipinski definition) is 4. The molecule has 1 unspecified atom stereocenters. The average Bonchev–Trinajstić information content (AvgIpc) is 3.08. The molecule has 0 bridgehead atoms. The molecule has 2 fully saturated rings. The molecule has 0 spiro atoms. The first-order valence-corrected chi connectivity index (χ1v) is 7.80. The van der Waals surface area contributed by atoms with Gasteiger partial charge in [-0.2, -0.15) is 5.10 Å². The predicted octanol–water partition coefficient (Wildman–Crippen LogP) is 1.67. The van der Waals surface area contributed by atoms with Crippen LogP contribution in [0.25, 0.3) is 0 Å². The third-order valence-electron chi connectivity index (χ3n) is 4.37. The van der Waals surface area contributed by atoms with Gasteiger partial charge in [-0.3, -0.25) is 14.4 Å². The van der Waals surface area contributed by atoms with Gasteiger partial charge in [-0.1, -0.05) is 12.8 Å². The molecule has 2 heterocycles. The van der Waals surface area contributed by atoms with Gasteiger partial charge in [0, 0.05) is 25.8 Å². The highest BCUT2D eigenvalue weighted by atomic mass is 16.5. The Morgan fingerprint density at radius 1 is 1.43 bits per heavy atom. The summed E-state index contributed by atoms with van der Waals surface area (Å²) in [5.41, 5.74) is 1.07. The first-order chi connectivity index (χ1) is 10.2. The van der Waals surface area contributed by atoms with Gasteiger partial charge in [-0.15, -0.1) is 0 Å². The highest BCUT2D eigenvalue weighted by molar-refractivity contribution is 5.67. The van der Waals surface area contributed by atoms with Crippen LogP contribution in [0.2, 0.25) is 0 Å². The minimum Gasteiger partial charge on any atom is -0.481 e. The fourth-order valence-electron chi connectivity index (χ4n) is 3.31. The molecule has 116 valence electrons. The molecule has 1 saturated carbocycles. The summed E-state index contributed by atoms with van der Waals surface area (Å²) in [5, 5.41) is 13.5. The molecule has 0 amide bonds. The molecular weight excluding hydrogens is 270 g/mol. The van der Waals surface area contributed by atoms with E-state index in [2.05, 4.69) is 21.8 Å². The highest BCUT2D eigenvalue weighted by Crippen LogP contribution is 2.28. The van der Waals surface area contributed by atoms with Crippen molar-refractivity contribution in [3.63, 3.8) is 0 Å². The standard InChI is InChI=1S/C15H23N3O3/c19-15(20)9-14-11-17(7-8-21-14)10-12-5-6-18(16-12)13-3-1-2-4-13/h5-6,13-14H,1-4,7-11H2,(H,19,20). The molecule has 1 N–H and O–H groups in total. The molecule has 1 saturated heterocycles. The Kier molecular flexibility index (Phi) is 4.55. The summed E-state index contributed by atoms with van der Waals surface area (Å²) in [7, 11) is 0. The van der Waals surface area contributed by atoms with Crippen LogP contribution in [0.4, 0.5) is 0 Å². The zero-order valence-electron chi connectivity index (χ0n) is 12.3. The zero-order chi connectivity index (χ0) is 14.7. The molecule has 21 heavy (non-hydrogen) atoms. The van der Waals surface area contributed by atoms with E-state index in [1.807, 2.05) is 0 Å². The van der Waals surface area contributed by atoms with Crippen LogP contribution in [0.5, 0.6) is 0 Å². The van der Waals surface area contributed by atoms with E-state index < -0.39 is 5.97 Å². The van der Waals surface area contributed by atoms with Crippen LogP contribution in [0, 0.1) is 0 Å². The lowest BCUT2D eigenvalue weighted by Gasteiger charge is -2.31. The summed E-state index contributed by atoms with van der Waals surface area (Å²) in [4.78, 5) is 13.0. The normalized spacial score (nSPS) is 24.5. The van der Waals surface area contributed by atoms with Gasteiger partial charge in [0.15, 0.2) is 0 Å². The Morgan fingerprint density at radius 2 is 2.24 bits per heavy atom. The van der Waals surface area contributed by atoms with Crippen molar-refractivity contribution in [2.24, 2.45) is 0 Å². The lowest BCUT2D eigenvalue weighted by Crippen LogP contribution is -2.42. The van der Waals surface area contributed by atoms with E-state index in [9.17, 15) is 4.79 Å². The van der Waals surface area contributed by atoms with Gasteiger partial charge in [0.05, 0.1) is 30.9 Å². The Bertz CT molecular complexity index is 482. The van der Waals surface area contributed by atoms with Crippen LogP contribution in [0.3, 0.4) is 0 Å². The van der Waals surface area contributed by atoms with Crippen molar-refractivity contribution in [1.82, 2.24) is 14.7 Å². The first-order valence-electron chi connectivity index (χ1n) is 7.80. The number of nitrogens with zero attached hydrogens (tertiary/aromatic N) is 3. The van der Waals surface area contributed by atoms with Gasteiger partial charge in [-0.25, -0.2) is 0 Å². The number of carboxylic acids is 1. The Hall–Kier alpha value is -1.40. The number of rotatable bonds is 5. The second-order valence-corrected chi connectivity index (χ2v) is 6.05. The lowest BCUT2D eigenvalue weighted by atomic mass is 10.2. The van der Waals surface area contributed by atoms with Crippen LogP contribution in [0.15, 0.2) is 12.3 Å². The van der Waals surface area contributed by atoms with E-state index in [-0.39, 0.29) is 12.5 Å². The highest BCUT2D eigenvalue weighted by Gasteiger charge is 2.24. The van der Waals surface area contributed by atoms with Gasteiger partial charge in [0.1, 0.15) is 0 Å². The smallest absolute Gasteiger partial charge is 0.306 e. The van der Waals surface area contributed by atoms with Crippen molar-refractivity contribution in [2.45, 2.75) is 50.8 Å². The molecule has 6 nitrogen and oxygen atoms in total. The molecule has 1 aromatic heterocycles. The van der Waals surface area contributed by atoms with Crippen molar-refractivity contribution < 1.29 is 14.6 Å². The largest absolute Gasteiger partial charge is 0.481 e. The summed E-state index contributed by atoms with van der Waals surface area (Å²) in [5.74, 6) is -0.799. The number of ether oxygens (including phenoxy) is 1. The maximum absolute atomic E-state index is 10.8. The number of hydrogen-bond donors (Lipinski definition) is 1. The molecule has 0 radical (unpaired) electrons. The lowest BCUT2D eigenvalue weighted by molar-refractivity contribution is -0.142. The monoisotopic (exact) mass is 293 g/mol. The van der Waals surface area contributed by atoms with E-state index >= 15 is 0 Å². The van der Waals surface area contributed by atoms with E-state index in [0.717, 1.165) is 18.8 Å². The minimum atomic E-state index is -0.799. The van der Waals surface area contributed by atoms with E-state index in [1.165, 1.54) is 25.7 Å². The molecule has 6 heteroatoms. The van der Waals surface area contributed by atoms with Crippen LogP contribution >= 0.6 is 0 Å². The Morgan fingerprint density at radius 3 is 3.00 bits per heavy atom. The number of morpholine rings is 1. The van der Waals surface area contributed by atoms with Crippen molar-refractivity contribution in [3.8, 4) is 0 Å². The average molecular weight is 293 g/mol. The van der Waals surface area contributed by atoms with Crippen LogP contribution in [-0.2, 0) is 16.1 Å². The zero-order valence-corrected chi connectivity index (χ0v) is 12.3. The predicted molar refractivity (Wildman–Crippen MR) is 77.0 cm³/mol. The number of aromatic nitrogens is 2. The quantitative estimate of drug-likeness (QED) is 0.894. The molecule has 2 aliphatic rings. The number of aliphatic carboxylic acids is 1. The van der Waals surface area contributed by atoms with Crippen molar-refractivity contribution in [1.29, 1.82) is 0 Å². The third-order valence-corrected chi connectivity index (χ3v) is 4.37. The van der Waals surface area contributed by atoms with E-state index in [4.69, 9.17) is 14.9 Å². The molecule has 0 aromatic carbocycles. The van der Waals surface area contributed by atoms with Crippen LogP contribution in [-0.4, -0.2) is 51.6 Å². The second-order valence-electron chi connectivity index (χ2n) is 6.05. The topological polar surface area (TPSA) is 67.6 Å². The van der Waals surface area contributed by atoms with Crippen LogP contribution in [0.1, 0.15) is 43.8 Å². The summed E-state index contributed by atoms with van der Waals surface area (Å²) < 4.78 is 7.60. The van der Waals surface area contributed by atoms with Crippen molar-refractivity contribution >= 4 is 5.97 Å². The van der Waals surface area contributed by atoms with Crippen molar-refractivity contribution in [3.05, 3.63) is 18.0 Å². The third kappa shape index (κ3) is 3.83. The molecule has 1 atom stereocenters. The summed E-state index contributed by atoms with van der Waals surface area (Å²) in [6.07, 6.45) is 7.04. The van der Waals surface area contributed by atoms with E-state index in [0.29, 0.717) is 19.2 Å². The summed E-state index contributed by atoms with van der Waals surface area (Å²) in [6.45, 7) is 2.88. The number of carbonyl (C=O) groups is 1. The maximum atomic E-state index is 10.8. The van der Waals surface area contributed by atoms with Gasteiger partial charge < -0.3 is 9.84 Å². The maximum Gasteiger partial charge on any atom is 0.306 e. The molecule has 1 aliphatic carbocycles. The fraction of sp³-hybridized carbons (Fsp3) is 0.733. The van der Waals surface area contributed by atoms with Crippen LogP contribution < -0.4 is 0 Å². The first kappa shape index (κ1) is 14.5. The Balaban J connectivity index is 1.54. The SMILES string of the molecule is O=C(O)CC1CN(Cc2ccn(C3CCCC3)n2)CCO1. The fourth-order valence-corrected chi connectivity index (χ4v) is 3.31. The van der Waals surface area contributed by atoms with E-state index in [1.54, 1.807) is 0 Å². The molecule has 1 aromatic rings.